The molecule has 0 aliphatic heterocycles. The Morgan fingerprint density at radius 1 is 1.65 bits per heavy atom. The molecule has 1 atom stereocenters. The van der Waals surface area contributed by atoms with E-state index in [2.05, 4.69) is 4.98 Å². The van der Waals surface area contributed by atoms with Crippen LogP contribution in [0.3, 0.4) is 0 Å². The maximum absolute atomic E-state index is 10.7. The van der Waals surface area contributed by atoms with Gasteiger partial charge in [0.2, 0.25) is 0 Å². The highest BCUT2D eigenvalue weighted by Crippen LogP contribution is 2.33. The van der Waals surface area contributed by atoms with Crippen molar-refractivity contribution >= 4 is 5.97 Å². The normalized spacial score (nSPS) is 18.5. The van der Waals surface area contributed by atoms with Gasteiger partial charge in [-0.2, -0.15) is 0 Å². The van der Waals surface area contributed by atoms with E-state index in [-0.39, 0.29) is 0 Å². The van der Waals surface area contributed by atoms with Gasteiger partial charge >= 0.3 is 5.97 Å². The van der Waals surface area contributed by atoms with Gasteiger partial charge in [0.15, 0.2) is 0 Å². The smallest absolute Gasteiger partial charge is 0.320 e. The second-order valence-corrected chi connectivity index (χ2v) is 4.80. The zero-order valence-corrected chi connectivity index (χ0v) is 10.1. The van der Waals surface area contributed by atoms with Gasteiger partial charge in [-0.05, 0) is 12.8 Å². The number of hydrogen-bond donors (Lipinski definition) is 2. The minimum absolute atomic E-state index is 0.339. The monoisotopic (exact) mass is 237 g/mol. The minimum Gasteiger partial charge on any atom is -0.480 e. The van der Waals surface area contributed by atoms with Gasteiger partial charge < -0.3 is 15.4 Å². The Bertz CT molecular complexity index is 408. The quantitative estimate of drug-likeness (QED) is 0.819. The van der Waals surface area contributed by atoms with Crippen LogP contribution < -0.4 is 5.73 Å². The lowest BCUT2D eigenvalue weighted by Crippen LogP contribution is -2.33. The zero-order valence-electron chi connectivity index (χ0n) is 10.1. The van der Waals surface area contributed by atoms with Crippen molar-refractivity contribution in [1.29, 1.82) is 0 Å². The Hall–Kier alpha value is -1.36. The fourth-order valence-electron chi connectivity index (χ4n) is 2.53. The van der Waals surface area contributed by atoms with Crippen molar-refractivity contribution in [3.63, 3.8) is 0 Å². The van der Waals surface area contributed by atoms with E-state index < -0.39 is 12.0 Å². The third-order valence-corrected chi connectivity index (χ3v) is 3.59. The highest BCUT2D eigenvalue weighted by Gasteiger charge is 2.23. The Morgan fingerprint density at radius 2 is 2.29 bits per heavy atom. The summed E-state index contributed by atoms with van der Waals surface area (Å²) in [6.07, 6.45) is 7.01. The molecule has 1 aliphatic carbocycles. The summed E-state index contributed by atoms with van der Waals surface area (Å²) < 4.78 is 2.01. The first-order chi connectivity index (χ1) is 8.09. The summed E-state index contributed by atoms with van der Waals surface area (Å²) in [4.78, 5) is 15.1. The number of nitrogens with two attached hydrogens (primary N) is 1. The van der Waals surface area contributed by atoms with Crippen LogP contribution in [0.15, 0.2) is 6.20 Å². The van der Waals surface area contributed by atoms with Crippen molar-refractivity contribution in [2.45, 2.75) is 44.1 Å². The average Bonchev–Trinajstić information content (AvgIpc) is 2.89. The molecule has 1 heterocycles. The molecule has 5 nitrogen and oxygen atoms in total. The molecule has 94 valence electrons. The Balaban J connectivity index is 2.12. The molecule has 0 radical (unpaired) electrons. The lowest BCUT2D eigenvalue weighted by atomic mass is 10.1. The van der Waals surface area contributed by atoms with E-state index in [0.29, 0.717) is 12.3 Å². The van der Waals surface area contributed by atoms with Crippen LogP contribution in [0.2, 0.25) is 0 Å². The molecular formula is C12H19N3O2. The van der Waals surface area contributed by atoms with Gasteiger partial charge in [0.05, 0.1) is 0 Å². The third-order valence-electron chi connectivity index (χ3n) is 3.59. The largest absolute Gasteiger partial charge is 0.480 e. The van der Waals surface area contributed by atoms with E-state index >= 15 is 0 Å². The summed E-state index contributed by atoms with van der Waals surface area (Å²) in [6, 6.07) is -0.846. The van der Waals surface area contributed by atoms with E-state index in [1.807, 2.05) is 11.6 Å². The summed E-state index contributed by atoms with van der Waals surface area (Å²) in [7, 11) is 1.95. The molecule has 1 unspecified atom stereocenters. The van der Waals surface area contributed by atoms with E-state index in [1.54, 1.807) is 6.20 Å². The molecule has 0 spiro atoms. The maximum Gasteiger partial charge on any atom is 0.320 e. The number of carboxylic acid groups (broad SMARTS) is 1. The predicted molar refractivity (Wildman–Crippen MR) is 63.7 cm³/mol. The molecule has 0 saturated heterocycles. The van der Waals surface area contributed by atoms with Crippen LogP contribution in [0.1, 0.15) is 43.1 Å². The molecule has 3 N–H and O–H groups in total. The van der Waals surface area contributed by atoms with Crippen molar-refractivity contribution in [2.75, 3.05) is 0 Å². The first kappa shape index (κ1) is 12.1. The minimum atomic E-state index is -0.964. The van der Waals surface area contributed by atoms with Crippen LogP contribution in [0.5, 0.6) is 0 Å². The van der Waals surface area contributed by atoms with Gasteiger partial charge in [-0.15, -0.1) is 0 Å². The van der Waals surface area contributed by atoms with Crippen LogP contribution in [0.25, 0.3) is 0 Å². The molecule has 1 aromatic rings. The fraction of sp³-hybridized carbons (Fsp3) is 0.667. The van der Waals surface area contributed by atoms with Gasteiger partial charge in [0.25, 0.3) is 0 Å². The SMILES string of the molecule is Cn1c(CC(N)C(=O)O)cnc1C1CCCC1. The van der Waals surface area contributed by atoms with Gasteiger partial charge in [-0.3, -0.25) is 4.79 Å². The number of hydrogen-bond acceptors (Lipinski definition) is 3. The molecule has 5 heteroatoms. The molecule has 1 fully saturated rings. The first-order valence-corrected chi connectivity index (χ1v) is 6.08. The molecule has 1 saturated carbocycles. The number of aliphatic carboxylic acids is 1. The van der Waals surface area contributed by atoms with Crippen molar-refractivity contribution in [1.82, 2.24) is 9.55 Å². The van der Waals surface area contributed by atoms with Crippen LogP contribution in [-0.4, -0.2) is 26.7 Å². The summed E-state index contributed by atoms with van der Waals surface area (Å²) in [5, 5.41) is 8.80. The molecule has 2 rings (SSSR count). The van der Waals surface area contributed by atoms with Crippen molar-refractivity contribution in [3.8, 4) is 0 Å². The maximum atomic E-state index is 10.7. The number of nitrogens with zero attached hydrogens (tertiary/aromatic N) is 2. The van der Waals surface area contributed by atoms with Gasteiger partial charge in [-0.1, -0.05) is 12.8 Å². The second kappa shape index (κ2) is 4.87. The Labute approximate surface area is 101 Å². The van der Waals surface area contributed by atoms with Crippen LogP contribution in [-0.2, 0) is 18.3 Å². The summed E-state index contributed by atoms with van der Waals surface area (Å²) in [5.41, 5.74) is 6.44. The number of rotatable bonds is 4. The Kier molecular flexibility index (Phi) is 3.47. The lowest BCUT2D eigenvalue weighted by Gasteiger charge is -2.12. The van der Waals surface area contributed by atoms with Gasteiger partial charge in [-0.25, -0.2) is 4.98 Å². The molecule has 1 aliphatic rings. The topological polar surface area (TPSA) is 81.1 Å². The van der Waals surface area contributed by atoms with E-state index in [1.165, 1.54) is 25.7 Å². The molecule has 1 aromatic heterocycles. The first-order valence-electron chi connectivity index (χ1n) is 6.08. The van der Waals surface area contributed by atoms with Crippen molar-refractivity contribution < 1.29 is 9.90 Å². The fourth-order valence-corrected chi connectivity index (χ4v) is 2.53. The predicted octanol–water partition coefficient (Wildman–Crippen LogP) is 1.03. The van der Waals surface area contributed by atoms with Crippen LogP contribution in [0.4, 0.5) is 0 Å². The average molecular weight is 237 g/mol. The Morgan fingerprint density at radius 3 is 2.88 bits per heavy atom. The van der Waals surface area contributed by atoms with Crippen LogP contribution >= 0.6 is 0 Å². The van der Waals surface area contributed by atoms with E-state index in [4.69, 9.17) is 10.8 Å². The number of imidazole rings is 1. The van der Waals surface area contributed by atoms with E-state index in [0.717, 1.165) is 11.5 Å². The molecular weight excluding hydrogens is 218 g/mol. The number of carboxylic acids is 1. The summed E-state index contributed by atoms with van der Waals surface area (Å²) in [5.74, 6) is 0.651. The van der Waals surface area contributed by atoms with Gasteiger partial charge in [0, 0.05) is 31.3 Å². The lowest BCUT2D eigenvalue weighted by molar-refractivity contribution is -0.138. The van der Waals surface area contributed by atoms with Crippen molar-refractivity contribution in [2.24, 2.45) is 12.8 Å². The van der Waals surface area contributed by atoms with E-state index in [9.17, 15) is 4.79 Å². The zero-order chi connectivity index (χ0) is 12.4. The number of carbonyl (C=O) groups is 1. The van der Waals surface area contributed by atoms with Crippen LogP contribution in [0, 0.1) is 0 Å². The second-order valence-electron chi connectivity index (χ2n) is 4.80. The number of aromatic nitrogens is 2. The standard InChI is InChI=1S/C12H19N3O2/c1-15-9(6-10(13)12(16)17)7-14-11(15)8-4-2-3-5-8/h7-8,10H,2-6,13H2,1H3,(H,16,17). The highest BCUT2D eigenvalue weighted by atomic mass is 16.4. The summed E-state index contributed by atoms with van der Waals surface area (Å²) >= 11 is 0. The molecule has 0 aromatic carbocycles. The summed E-state index contributed by atoms with van der Waals surface area (Å²) in [6.45, 7) is 0. The van der Waals surface area contributed by atoms with Gasteiger partial charge in [0.1, 0.15) is 11.9 Å². The molecule has 0 amide bonds. The molecule has 0 bridgehead atoms. The van der Waals surface area contributed by atoms with Crippen molar-refractivity contribution in [3.05, 3.63) is 17.7 Å². The third kappa shape index (κ3) is 2.49. The molecule has 17 heavy (non-hydrogen) atoms. The highest BCUT2D eigenvalue weighted by molar-refractivity contribution is 5.73.